The van der Waals surface area contributed by atoms with Gasteiger partial charge in [-0.2, -0.15) is 0 Å². The second-order valence-electron chi connectivity index (χ2n) is 8.43. The lowest BCUT2D eigenvalue weighted by Gasteiger charge is -2.59. The highest BCUT2D eigenvalue weighted by Gasteiger charge is 2.57. The van der Waals surface area contributed by atoms with Crippen LogP contribution >= 0.6 is 0 Å². The van der Waals surface area contributed by atoms with E-state index in [0.717, 1.165) is 24.8 Å². The van der Waals surface area contributed by atoms with Gasteiger partial charge in [0, 0.05) is 5.41 Å². The number of carboxylic acids is 1. The van der Waals surface area contributed by atoms with Crippen LogP contribution in [0.25, 0.3) is 0 Å². The molecule has 2 aliphatic rings. The molecular weight excluding hydrogens is 336 g/mol. The summed E-state index contributed by atoms with van der Waals surface area (Å²) >= 11 is 0. The van der Waals surface area contributed by atoms with E-state index in [1.807, 2.05) is 6.92 Å². The number of hydrogen-bond acceptors (Lipinski definition) is 5. The first kappa shape index (κ1) is 21.1. The Bertz CT molecular complexity index is 585. The quantitative estimate of drug-likeness (QED) is 0.358. The summed E-state index contributed by atoms with van der Waals surface area (Å²) in [4.78, 5) is 11.4. The zero-order chi connectivity index (χ0) is 19.7. The zero-order valence-corrected chi connectivity index (χ0v) is 15.7. The first-order chi connectivity index (χ1) is 12.1. The standard InChI is InChI=1S/C20H32O6/c1-12-4-7-16-19(2,9-8-17(24)20(16,3)11-22)14(12)6-5-13(18(25)26)15(23)10-21/h5,14-17,21-24H,1,4,6-11H2,2-3H3,(H,25,26)/t14-,15+,16+,17-,19+,20+/m1/s1. The van der Waals surface area contributed by atoms with Crippen LogP contribution in [0.5, 0.6) is 0 Å². The van der Waals surface area contributed by atoms with E-state index in [4.69, 9.17) is 5.11 Å². The first-order valence-electron chi connectivity index (χ1n) is 9.30. The summed E-state index contributed by atoms with van der Waals surface area (Å²) in [5.41, 5.74) is 0.0402. The van der Waals surface area contributed by atoms with E-state index in [9.17, 15) is 25.2 Å². The molecule has 2 fully saturated rings. The van der Waals surface area contributed by atoms with Crippen molar-refractivity contribution in [3.63, 3.8) is 0 Å². The van der Waals surface area contributed by atoms with Crippen molar-refractivity contribution in [1.82, 2.24) is 0 Å². The van der Waals surface area contributed by atoms with Crippen molar-refractivity contribution in [3.05, 3.63) is 23.8 Å². The number of carboxylic acid groups (broad SMARTS) is 1. The van der Waals surface area contributed by atoms with Gasteiger partial charge in [-0.25, -0.2) is 4.79 Å². The third-order valence-corrected chi connectivity index (χ3v) is 7.05. The van der Waals surface area contributed by atoms with Crippen molar-refractivity contribution in [2.24, 2.45) is 22.7 Å². The molecule has 0 radical (unpaired) electrons. The number of allylic oxidation sites excluding steroid dienone is 2. The summed E-state index contributed by atoms with van der Waals surface area (Å²) in [7, 11) is 0. The van der Waals surface area contributed by atoms with Crippen LogP contribution in [0.15, 0.2) is 23.8 Å². The van der Waals surface area contributed by atoms with Gasteiger partial charge in [-0.05, 0) is 49.4 Å². The Morgan fingerprint density at radius 2 is 2.00 bits per heavy atom. The third kappa shape index (κ3) is 3.48. The van der Waals surface area contributed by atoms with Crippen LogP contribution in [0.3, 0.4) is 0 Å². The van der Waals surface area contributed by atoms with Gasteiger partial charge < -0.3 is 25.5 Å². The van der Waals surface area contributed by atoms with Crippen LogP contribution < -0.4 is 0 Å². The van der Waals surface area contributed by atoms with E-state index in [0.29, 0.717) is 12.8 Å². The lowest BCUT2D eigenvalue weighted by Crippen LogP contribution is -2.57. The second kappa shape index (κ2) is 7.80. The van der Waals surface area contributed by atoms with Crippen molar-refractivity contribution in [3.8, 4) is 0 Å². The van der Waals surface area contributed by atoms with Crippen LogP contribution in [0.1, 0.15) is 46.0 Å². The monoisotopic (exact) mass is 368 g/mol. The molecule has 2 rings (SSSR count). The third-order valence-electron chi connectivity index (χ3n) is 7.05. The van der Waals surface area contributed by atoms with Crippen molar-refractivity contribution >= 4 is 5.97 Å². The van der Waals surface area contributed by atoms with Crippen LogP contribution in [0.4, 0.5) is 0 Å². The van der Waals surface area contributed by atoms with Gasteiger partial charge in [-0.1, -0.05) is 32.1 Å². The van der Waals surface area contributed by atoms with Gasteiger partial charge in [0.2, 0.25) is 0 Å². The summed E-state index contributed by atoms with van der Waals surface area (Å²) in [5.74, 6) is -1.14. The molecule has 0 aromatic rings. The molecule has 6 nitrogen and oxygen atoms in total. The van der Waals surface area contributed by atoms with E-state index < -0.39 is 30.2 Å². The van der Waals surface area contributed by atoms with E-state index >= 15 is 0 Å². The molecule has 0 aromatic heterocycles. The van der Waals surface area contributed by atoms with Gasteiger partial charge in [0.05, 0.1) is 24.9 Å². The number of aliphatic carboxylic acids is 1. The molecule has 5 N–H and O–H groups in total. The molecule has 0 aromatic carbocycles. The summed E-state index contributed by atoms with van der Waals surface area (Å²) in [6.45, 7) is 7.54. The van der Waals surface area contributed by atoms with Crippen LogP contribution in [0, 0.1) is 22.7 Å². The minimum absolute atomic E-state index is 0.000122. The number of hydrogen-bond donors (Lipinski definition) is 5. The lowest BCUT2D eigenvalue weighted by atomic mass is 9.46. The Balaban J connectivity index is 2.35. The smallest absolute Gasteiger partial charge is 0.333 e. The summed E-state index contributed by atoms with van der Waals surface area (Å²) < 4.78 is 0. The van der Waals surface area contributed by atoms with Crippen LogP contribution in [0.2, 0.25) is 0 Å². The molecule has 26 heavy (non-hydrogen) atoms. The van der Waals surface area contributed by atoms with Crippen LogP contribution in [-0.4, -0.2) is 56.9 Å². The highest BCUT2D eigenvalue weighted by Crippen LogP contribution is 2.61. The molecule has 2 saturated carbocycles. The zero-order valence-electron chi connectivity index (χ0n) is 15.7. The molecule has 2 aliphatic carbocycles. The minimum atomic E-state index is -1.41. The fraction of sp³-hybridized carbons (Fsp3) is 0.750. The Hall–Kier alpha value is -1.21. The second-order valence-corrected chi connectivity index (χ2v) is 8.43. The average Bonchev–Trinajstić information content (AvgIpc) is 2.60. The van der Waals surface area contributed by atoms with Crippen LogP contribution in [-0.2, 0) is 4.79 Å². The maximum absolute atomic E-state index is 11.4. The van der Waals surface area contributed by atoms with Gasteiger partial charge in [-0.15, -0.1) is 0 Å². The van der Waals surface area contributed by atoms with Gasteiger partial charge in [-0.3, -0.25) is 0 Å². The van der Waals surface area contributed by atoms with Crippen molar-refractivity contribution in [2.45, 2.75) is 58.2 Å². The maximum Gasteiger partial charge on any atom is 0.333 e. The molecule has 0 bridgehead atoms. The fourth-order valence-electron chi connectivity index (χ4n) is 5.34. The maximum atomic E-state index is 11.4. The minimum Gasteiger partial charge on any atom is -0.478 e. The number of carbonyl (C=O) groups is 1. The number of aliphatic hydroxyl groups is 4. The number of fused-ring (bicyclic) bond motifs is 1. The normalized spacial score (nSPS) is 39.4. The fourth-order valence-corrected chi connectivity index (χ4v) is 5.34. The van der Waals surface area contributed by atoms with E-state index in [1.54, 1.807) is 0 Å². The highest BCUT2D eigenvalue weighted by molar-refractivity contribution is 5.87. The van der Waals surface area contributed by atoms with Crippen molar-refractivity contribution in [1.29, 1.82) is 0 Å². The molecule has 6 atom stereocenters. The molecule has 0 heterocycles. The SMILES string of the molecule is C=C1CC[C@@H]2[C@](C)(CO)[C@H](O)CC[C@@]2(C)[C@@H]1CC=C(C(=O)O)[C@@H](O)CO. The largest absolute Gasteiger partial charge is 0.478 e. The van der Waals surface area contributed by atoms with Crippen molar-refractivity contribution < 1.29 is 30.3 Å². The molecule has 148 valence electrons. The Morgan fingerprint density at radius 1 is 1.35 bits per heavy atom. The Morgan fingerprint density at radius 3 is 2.54 bits per heavy atom. The summed E-state index contributed by atoms with van der Waals surface area (Å²) in [6, 6.07) is 0. The van der Waals surface area contributed by atoms with E-state index in [-0.39, 0.29) is 29.4 Å². The lowest BCUT2D eigenvalue weighted by molar-refractivity contribution is -0.151. The molecule has 0 amide bonds. The van der Waals surface area contributed by atoms with E-state index in [1.165, 1.54) is 6.08 Å². The van der Waals surface area contributed by atoms with Gasteiger partial charge in [0.15, 0.2) is 0 Å². The van der Waals surface area contributed by atoms with Gasteiger partial charge >= 0.3 is 5.97 Å². The Kier molecular flexibility index (Phi) is 6.33. The molecule has 0 saturated heterocycles. The molecule has 6 heteroatoms. The molecule has 0 spiro atoms. The van der Waals surface area contributed by atoms with E-state index in [2.05, 4.69) is 13.5 Å². The highest BCUT2D eigenvalue weighted by atomic mass is 16.4. The molecular formula is C20H32O6. The topological polar surface area (TPSA) is 118 Å². The van der Waals surface area contributed by atoms with Gasteiger partial charge in [0.25, 0.3) is 0 Å². The average molecular weight is 368 g/mol. The predicted octanol–water partition coefficient (Wildman–Crippen LogP) is 1.48. The number of rotatable bonds is 6. The predicted molar refractivity (Wildman–Crippen MR) is 97.3 cm³/mol. The molecule has 0 aliphatic heterocycles. The summed E-state index contributed by atoms with van der Waals surface area (Å²) in [6.07, 6.45) is 2.90. The first-order valence-corrected chi connectivity index (χ1v) is 9.30. The number of aliphatic hydroxyl groups excluding tert-OH is 4. The Labute approximate surface area is 154 Å². The van der Waals surface area contributed by atoms with Gasteiger partial charge in [0.1, 0.15) is 6.10 Å². The summed E-state index contributed by atoms with van der Waals surface area (Å²) in [5, 5.41) is 48.6. The molecule has 0 unspecified atom stereocenters. The van der Waals surface area contributed by atoms with Crippen molar-refractivity contribution in [2.75, 3.05) is 13.2 Å².